The number of fused-ring (bicyclic) bond motifs is 1. The molecule has 0 unspecified atom stereocenters. The molecule has 0 radical (unpaired) electrons. The summed E-state index contributed by atoms with van der Waals surface area (Å²) in [6.45, 7) is 2.66. The largest absolute Gasteiger partial charge is 0.308 e. The summed E-state index contributed by atoms with van der Waals surface area (Å²) in [6, 6.07) is 13.1. The van der Waals surface area contributed by atoms with Crippen LogP contribution in [-0.2, 0) is 27.7 Å². The number of carbonyl (C=O) groups excluding carboxylic acids is 1. The number of benzene rings is 2. The van der Waals surface area contributed by atoms with E-state index < -0.39 is 10.0 Å². The molecule has 2 aromatic carbocycles. The van der Waals surface area contributed by atoms with Gasteiger partial charge in [0, 0.05) is 32.4 Å². The van der Waals surface area contributed by atoms with Crippen LogP contribution >= 0.6 is 0 Å². The zero-order chi connectivity index (χ0) is 19.6. The first-order valence-corrected chi connectivity index (χ1v) is 10.4. The molecular formula is C21H24N2O3S. The van der Waals surface area contributed by atoms with Gasteiger partial charge in [-0.3, -0.25) is 4.79 Å². The molecule has 1 aliphatic rings. The highest BCUT2D eigenvalue weighted by molar-refractivity contribution is 7.89. The number of nitrogens with zero attached hydrogens (tertiary/aromatic N) is 2. The fourth-order valence-electron chi connectivity index (χ4n) is 3.10. The van der Waals surface area contributed by atoms with E-state index in [0.717, 1.165) is 23.2 Å². The van der Waals surface area contributed by atoms with Crippen molar-refractivity contribution in [3.63, 3.8) is 0 Å². The molecule has 1 heterocycles. The summed E-state index contributed by atoms with van der Waals surface area (Å²) in [5, 5.41) is 0. The van der Waals surface area contributed by atoms with Gasteiger partial charge in [0.05, 0.1) is 4.90 Å². The number of hydrogen-bond acceptors (Lipinski definition) is 3. The minimum absolute atomic E-state index is 0.100. The number of amides is 1. The van der Waals surface area contributed by atoms with E-state index in [0.29, 0.717) is 13.0 Å². The van der Waals surface area contributed by atoms with Gasteiger partial charge in [0.25, 0.3) is 5.91 Å². The smallest absolute Gasteiger partial charge is 0.251 e. The average molecular weight is 385 g/mol. The third kappa shape index (κ3) is 3.96. The lowest BCUT2D eigenvalue weighted by Crippen LogP contribution is -2.27. The maximum Gasteiger partial charge on any atom is 0.251 e. The van der Waals surface area contributed by atoms with Crippen molar-refractivity contribution in [1.29, 1.82) is 0 Å². The lowest BCUT2D eigenvalue weighted by molar-refractivity contribution is -0.114. The zero-order valence-electron chi connectivity index (χ0n) is 15.8. The molecule has 6 heteroatoms. The monoisotopic (exact) mass is 384 g/mol. The molecule has 0 bridgehead atoms. The maximum atomic E-state index is 12.6. The molecular weight excluding hydrogens is 360 g/mol. The van der Waals surface area contributed by atoms with Crippen molar-refractivity contribution in [2.24, 2.45) is 0 Å². The standard InChI is InChI=1S/C21H24N2O3S/c1-4-16-5-7-17(8-6-16)9-12-21(24)23-14-13-18-15-19(10-11-20(18)23)27(25,26)22(2)3/h5-12,15H,4,13-14H2,1-3H3/b12-9+. The van der Waals surface area contributed by atoms with Gasteiger partial charge in [-0.15, -0.1) is 0 Å². The Morgan fingerprint density at radius 2 is 1.85 bits per heavy atom. The van der Waals surface area contributed by atoms with Crippen LogP contribution in [0.4, 0.5) is 5.69 Å². The van der Waals surface area contributed by atoms with E-state index in [1.54, 1.807) is 29.2 Å². The summed E-state index contributed by atoms with van der Waals surface area (Å²) >= 11 is 0. The van der Waals surface area contributed by atoms with E-state index in [2.05, 4.69) is 19.1 Å². The predicted octanol–water partition coefficient (Wildman–Crippen LogP) is 3.10. The third-order valence-corrected chi connectivity index (χ3v) is 6.61. The van der Waals surface area contributed by atoms with Crippen molar-refractivity contribution in [2.45, 2.75) is 24.7 Å². The first kappa shape index (κ1) is 19.3. The first-order chi connectivity index (χ1) is 12.8. The molecule has 0 aliphatic carbocycles. The molecule has 0 aromatic heterocycles. The Balaban J connectivity index is 1.78. The van der Waals surface area contributed by atoms with E-state index >= 15 is 0 Å². The second kappa shape index (κ2) is 7.66. The van der Waals surface area contributed by atoms with Crippen molar-refractivity contribution in [2.75, 3.05) is 25.5 Å². The predicted molar refractivity (Wildman–Crippen MR) is 108 cm³/mol. The summed E-state index contributed by atoms with van der Waals surface area (Å²) in [6.07, 6.45) is 5.01. The third-order valence-electron chi connectivity index (χ3n) is 4.80. The van der Waals surface area contributed by atoms with Gasteiger partial charge in [0.15, 0.2) is 0 Å². The Hall–Kier alpha value is -2.44. The molecule has 3 rings (SSSR count). The SMILES string of the molecule is CCc1ccc(/C=C/C(=O)N2CCc3cc(S(=O)(=O)N(C)C)ccc32)cc1. The van der Waals surface area contributed by atoms with E-state index in [1.807, 2.05) is 18.2 Å². The second-order valence-corrected chi connectivity index (χ2v) is 8.90. The van der Waals surface area contributed by atoms with Gasteiger partial charge in [0.2, 0.25) is 10.0 Å². The lowest BCUT2D eigenvalue weighted by atomic mass is 10.1. The van der Waals surface area contributed by atoms with Gasteiger partial charge in [-0.25, -0.2) is 12.7 Å². The van der Waals surface area contributed by atoms with Crippen molar-refractivity contribution in [3.8, 4) is 0 Å². The van der Waals surface area contributed by atoms with Gasteiger partial charge in [-0.2, -0.15) is 0 Å². The molecule has 0 N–H and O–H groups in total. The quantitative estimate of drug-likeness (QED) is 0.745. The van der Waals surface area contributed by atoms with Crippen LogP contribution in [-0.4, -0.2) is 39.3 Å². The van der Waals surface area contributed by atoms with Crippen molar-refractivity contribution >= 4 is 27.7 Å². The van der Waals surface area contributed by atoms with E-state index in [1.165, 1.54) is 24.0 Å². The van der Waals surface area contributed by atoms with Gasteiger partial charge in [-0.05, 0) is 53.8 Å². The second-order valence-electron chi connectivity index (χ2n) is 6.75. The van der Waals surface area contributed by atoms with Gasteiger partial charge < -0.3 is 4.90 Å². The van der Waals surface area contributed by atoms with Crippen LogP contribution in [0.3, 0.4) is 0 Å². The topological polar surface area (TPSA) is 57.7 Å². The Labute approximate surface area is 161 Å². The molecule has 142 valence electrons. The van der Waals surface area contributed by atoms with Gasteiger partial charge >= 0.3 is 0 Å². The van der Waals surface area contributed by atoms with Gasteiger partial charge in [0.1, 0.15) is 0 Å². The number of anilines is 1. The molecule has 1 aliphatic heterocycles. The highest BCUT2D eigenvalue weighted by Gasteiger charge is 2.26. The molecule has 2 aromatic rings. The van der Waals surface area contributed by atoms with Crippen LogP contribution in [0, 0.1) is 0 Å². The molecule has 1 amide bonds. The van der Waals surface area contributed by atoms with Crippen LogP contribution in [0.5, 0.6) is 0 Å². The molecule has 0 saturated heterocycles. The highest BCUT2D eigenvalue weighted by atomic mass is 32.2. The van der Waals surface area contributed by atoms with Crippen LogP contribution in [0.25, 0.3) is 6.08 Å². The normalized spacial score (nSPS) is 14.1. The van der Waals surface area contributed by atoms with Crippen LogP contribution < -0.4 is 4.90 Å². The number of hydrogen-bond donors (Lipinski definition) is 0. The Bertz CT molecular complexity index is 977. The summed E-state index contributed by atoms with van der Waals surface area (Å²) in [4.78, 5) is 14.6. The molecule has 5 nitrogen and oxygen atoms in total. The highest BCUT2D eigenvalue weighted by Crippen LogP contribution is 2.31. The fourth-order valence-corrected chi connectivity index (χ4v) is 4.05. The number of sulfonamides is 1. The minimum Gasteiger partial charge on any atom is -0.308 e. The van der Waals surface area contributed by atoms with E-state index in [4.69, 9.17) is 0 Å². The zero-order valence-corrected chi connectivity index (χ0v) is 16.7. The number of aryl methyl sites for hydroxylation is 1. The molecule has 0 atom stereocenters. The number of rotatable bonds is 5. The number of carbonyl (C=O) groups is 1. The summed E-state index contributed by atoms with van der Waals surface area (Å²) in [5.41, 5.74) is 3.90. The molecule has 0 saturated carbocycles. The maximum absolute atomic E-state index is 12.6. The molecule has 0 spiro atoms. The fraction of sp³-hybridized carbons (Fsp3) is 0.286. The Kier molecular flexibility index (Phi) is 5.48. The van der Waals surface area contributed by atoms with Crippen LogP contribution in [0.15, 0.2) is 53.4 Å². The minimum atomic E-state index is -3.47. The van der Waals surface area contributed by atoms with E-state index in [-0.39, 0.29) is 10.8 Å². The van der Waals surface area contributed by atoms with Gasteiger partial charge in [-0.1, -0.05) is 31.2 Å². The van der Waals surface area contributed by atoms with E-state index in [9.17, 15) is 13.2 Å². The van der Waals surface area contributed by atoms with Crippen molar-refractivity contribution in [3.05, 3.63) is 65.2 Å². The average Bonchev–Trinajstić information content (AvgIpc) is 3.09. The van der Waals surface area contributed by atoms with Crippen molar-refractivity contribution in [1.82, 2.24) is 4.31 Å². The summed E-state index contributed by atoms with van der Waals surface area (Å²) in [5.74, 6) is -0.100. The summed E-state index contributed by atoms with van der Waals surface area (Å²) < 4.78 is 25.8. The van der Waals surface area contributed by atoms with Crippen LogP contribution in [0.1, 0.15) is 23.6 Å². The molecule has 0 fully saturated rings. The molecule has 27 heavy (non-hydrogen) atoms. The van der Waals surface area contributed by atoms with Crippen LogP contribution in [0.2, 0.25) is 0 Å². The van der Waals surface area contributed by atoms with Crippen molar-refractivity contribution < 1.29 is 13.2 Å². The lowest BCUT2D eigenvalue weighted by Gasteiger charge is -2.16. The Morgan fingerprint density at radius 3 is 2.48 bits per heavy atom. The first-order valence-electron chi connectivity index (χ1n) is 8.97. The Morgan fingerprint density at radius 1 is 1.15 bits per heavy atom. The summed E-state index contributed by atoms with van der Waals surface area (Å²) in [7, 11) is -0.452.